The van der Waals surface area contributed by atoms with Gasteiger partial charge in [0, 0.05) is 11.1 Å². The molecule has 218 valence electrons. The van der Waals surface area contributed by atoms with Gasteiger partial charge in [-0.05, 0) is 95.1 Å². The molecule has 4 aromatic rings. The van der Waals surface area contributed by atoms with E-state index in [-0.39, 0.29) is 66.8 Å². The Labute approximate surface area is 246 Å². The van der Waals surface area contributed by atoms with Gasteiger partial charge in [-0.1, -0.05) is 11.8 Å². The second-order valence-corrected chi connectivity index (χ2v) is 9.28. The van der Waals surface area contributed by atoms with Gasteiger partial charge in [0.05, 0.1) is 33.4 Å². The van der Waals surface area contributed by atoms with Gasteiger partial charge in [-0.3, -0.25) is 0 Å². The molecule has 0 atom stereocenters. The molecule has 0 fully saturated rings. The fraction of sp³-hybridized carbons (Fsp3) is 0. The summed E-state index contributed by atoms with van der Waals surface area (Å²) in [4.78, 5) is 69.9. The van der Waals surface area contributed by atoms with E-state index in [1.54, 1.807) is 0 Å². The average molecular weight is 594 g/mol. The Morgan fingerprint density at radius 1 is 0.318 bits per heavy atom. The number of hydrogen-bond acceptors (Lipinski definition) is 6. The van der Waals surface area contributed by atoms with Crippen molar-refractivity contribution in [3.05, 3.63) is 117 Å². The van der Waals surface area contributed by atoms with Gasteiger partial charge < -0.3 is 30.6 Å². The van der Waals surface area contributed by atoms with E-state index in [2.05, 4.69) is 11.8 Å². The van der Waals surface area contributed by atoms with Crippen LogP contribution >= 0.6 is 0 Å². The molecule has 0 amide bonds. The molecule has 0 heterocycles. The van der Waals surface area contributed by atoms with Crippen molar-refractivity contribution < 1.29 is 59.4 Å². The molecule has 4 rings (SSSR count). The minimum absolute atomic E-state index is 0.0244. The summed E-state index contributed by atoms with van der Waals surface area (Å²) in [5.41, 5.74) is -1.14. The topological polar surface area (TPSA) is 224 Å². The Balaban J connectivity index is 2.00. The molecule has 0 radical (unpaired) electrons. The molecule has 0 saturated heterocycles. The Bertz CT molecular complexity index is 1800. The van der Waals surface area contributed by atoms with E-state index in [4.69, 9.17) is 0 Å². The number of aromatic carboxylic acids is 6. The minimum Gasteiger partial charge on any atom is -0.478 e. The van der Waals surface area contributed by atoms with E-state index >= 15 is 0 Å². The molecule has 12 heteroatoms. The zero-order valence-corrected chi connectivity index (χ0v) is 22.1. The lowest BCUT2D eigenvalue weighted by Gasteiger charge is -2.11. The first-order valence-corrected chi connectivity index (χ1v) is 12.2. The maximum atomic E-state index is 11.7. The normalized spacial score (nSPS) is 10.3. The van der Waals surface area contributed by atoms with E-state index in [0.717, 1.165) is 30.3 Å². The third kappa shape index (κ3) is 6.76. The van der Waals surface area contributed by atoms with Gasteiger partial charge in [0.15, 0.2) is 0 Å². The number of carboxylic acids is 6. The summed E-state index contributed by atoms with van der Waals surface area (Å²) in [6, 6.07) is 14.4. The van der Waals surface area contributed by atoms with Crippen LogP contribution in [0.3, 0.4) is 0 Å². The van der Waals surface area contributed by atoms with Gasteiger partial charge in [0.1, 0.15) is 0 Å². The standard InChI is InChI=1S/C32H18O12/c33-27(34)21-5-16(6-22(12-21)28(35)36)2-1-15-3-17(19-8-23(29(37)38)13-24(9-19)30(39)40)7-18(4-15)20-10-25(31(41)42)14-26(11-20)32(43)44/h3-14H,(H,33,34)(H,35,36)(H,37,38)(H,39,40)(H,41,42)(H,43,44). The SMILES string of the molecule is O=C(O)c1cc(C#Cc2cc(-c3cc(C(=O)O)cc(C(=O)O)c3)cc(-c3cc(C(=O)O)cc(C(=O)O)c3)c2)cc(C(=O)O)c1. The van der Waals surface area contributed by atoms with Crippen molar-refractivity contribution in [2.24, 2.45) is 0 Å². The molecule has 0 aliphatic rings. The van der Waals surface area contributed by atoms with Crippen molar-refractivity contribution in [1.82, 2.24) is 0 Å². The minimum atomic E-state index is -1.40. The van der Waals surface area contributed by atoms with Gasteiger partial charge in [0.25, 0.3) is 0 Å². The first kappa shape index (κ1) is 30.2. The molecular weight excluding hydrogens is 576 g/mol. The first-order valence-electron chi connectivity index (χ1n) is 12.2. The Morgan fingerprint density at radius 3 is 0.818 bits per heavy atom. The summed E-state index contributed by atoms with van der Waals surface area (Å²) in [5.74, 6) is -2.96. The molecule has 0 unspecified atom stereocenters. The van der Waals surface area contributed by atoms with E-state index in [0.29, 0.717) is 0 Å². The van der Waals surface area contributed by atoms with Gasteiger partial charge in [0.2, 0.25) is 0 Å². The van der Waals surface area contributed by atoms with Crippen LogP contribution in [0, 0.1) is 11.8 Å². The van der Waals surface area contributed by atoms with Crippen LogP contribution in [0.15, 0.2) is 72.8 Å². The van der Waals surface area contributed by atoms with Gasteiger partial charge in [-0.2, -0.15) is 0 Å². The molecule has 0 aromatic heterocycles. The fourth-order valence-electron chi connectivity index (χ4n) is 4.21. The number of rotatable bonds is 8. The first-order chi connectivity index (χ1) is 20.7. The zero-order chi connectivity index (χ0) is 32.3. The maximum absolute atomic E-state index is 11.7. The maximum Gasteiger partial charge on any atom is 0.335 e. The van der Waals surface area contributed by atoms with Crippen LogP contribution < -0.4 is 0 Å². The quantitative estimate of drug-likeness (QED) is 0.154. The average Bonchev–Trinajstić information content (AvgIpc) is 2.99. The van der Waals surface area contributed by atoms with E-state index in [1.165, 1.54) is 42.5 Å². The van der Waals surface area contributed by atoms with Crippen molar-refractivity contribution in [2.45, 2.75) is 0 Å². The lowest BCUT2D eigenvalue weighted by molar-refractivity contribution is 0.0676. The van der Waals surface area contributed by atoms with Gasteiger partial charge in [-0.25, -0.2) is 28.8 Å². The fourth-order valence-corrected chi connectivity index (χ4v) is 4.21. The smallest absolute Gasteiger partial charge is 0.335 e. The van der Waals surface area contributed by atoms with Crippen molar-refractivity contribution in [3.63, 3.8) is 0 Å². The van der Waals surface area contributed by atoms with Crippen LogP contribution in [0.5, 0.6) is 0 Å². The molecule has 0 bridgehead atoms. The molecule has 0 aliphatic carbocycles. The van der Waals surface area contributed by atoms with Crippen molar-refractivity contribution in [2.75, 3.05) is 0 Å². The summed E-state index contributed by atoms with van der Waals surface area (Å²) in [6.45, 7) is 0. The van der Waals surface area contributed by atoms with Gasteiger partial charge >= 0.3 is 35.8 Å². The van der Waals surface area contributed by atoms with Crippen LogP contribution in [0.2, 0.25) is 0 Å². The van der Waals surface area contributed by atoms with Crippen LogP contribution in [0.4, 0.5) is 0 Å². The highest BCUT2D eigenvalue weighted by Crippen LogP contribution is 2.31. The molecule has 12 nitrogen and oxygen atoms in total. The van der Waals surface area contributed by atoms with Crippen LogP contribution in [-0.2, 0) is 0 Å². The molecule has 0 aliphatic heterocycles. The summed E-state index contributed by atoms with van der Waals surface area (Å²) in [6.07, 6.45) is 0. The number of carboxylic acid groups (broad SMARTS) is 6. The Kier molecular flexibility index (Phi) is 8.25. The monoisotopic (exact) mass is 594 g/mol. The predicted molar refractivity (Wildman–Crippen MR) is 151 cm³/mol. The second kappa shape index (κ2) is 12.0. The number of hydrogen-bond donors (Lipinski definition) is 6. The molecule has 44 heavy (non-hydrogen) atoms. The highest BCUT2D eigenvalue weighted by Gasteiger charge is 2.17. The van der Waals surface area contributed by atoms with E-state index in [9.17, 15) is 59.4 Å². The lowest BCUT2D eigenvalue weighted by atomic mass is 9.92. The van der Waals surface area contributed by atoms with Crippen LogP contribution in [0.1, 0.15) is 73.3 Å². The second-order valence-electron chi connectivity index (χ2n) is 9.28. The molecule has 6 N–H and O–H groups in total. The number of carbonyl (C=O) groups is 6. The highest BCUT2D eigenvalue weighted by atomic mass is 16.4. The molecule has 4 aromatic carbocycles. The largest absolute Gasteiger partial charge is 0.478 e. The lowest BCUT2D eigenvalue weighted by Crippen LogP contribution is -2.04. The molecular formula is C32H18O12. The number of benzene rings is 4. The third-order valence-corrected chi connectivity index (χ3v) is 6.23. The Hall–Kier alpha value is -6.74. The van der Waals surface area contributed by atoms with Crippen molar-refractivity contribution >= 4 is 35.8 Å². The third-order valence-electron chi connectivity index (χ3n) is 6.23. The van der Waals surface area contributed by atoms with Crippen molar-refractivity contribution in [3.8, 4) is 34.1 Å². The highest BCUT2D eigenvalue weighted by molar-refractivity contribution is 5.98. The van der Waals surface area contributed by atoms with Crippen LogP contribution in [-0.4, -0.2) is 66.5 Å². The summed E-state index contributed by atoms with van der Waals surface area (Å²) < 4.78 is 0. The summed E-state index contributed by atoms with van der Waals surface area (Å²) in [5, 5.41) is 56.9. The molecule has 0 spiro atoms. The molecule has 0 saturated carbocycles. The van der Waals surface area contributed by atoms with E-state index in [1.807, 2.05) is 0 Å². The predicted octanol–water partition coefficient (Wildman–Crippen LogP) is 4.61. The van der Waals surface area contributed by atoms with E-state index < -0.39 is 35.8 Å². The van der Waals surface area contributed by atoms with Crippen molar-refractivity contribution in [1.29, 1.82) is 0 Å². The van der Waals surface area contributed by atoms with Crippen LogP contribution in [0.25, 0.3) is 22.3 Å². The summed E-state index contributed by atoms with van der Waals surface area (Å²) in [7, 11) is 0. The summed E-state index contributed by atoms with van der Waals surface area (Å²) >= 11 is 0. The van der Waals surface area contributed by atoms with Gasteiger partial charge in [-0.15, -0.1) is 0 Å². The Morgan fingerprint density at radius 2 is 0.545 bits per heavy atom. The zero-order valence-electron chi connectivity index (χ0n) is 22.1.